The summed E-state index contributed by atoms with van der Waals surface area (Å²) in [5, 5.41) is 18.0. The molecule has 86 valence electrons. The van der Waals surface area contributed by atoms with Crippen molar-refractivity contribution >= 4 is 0 Å². The van der Waals surface area contributed by atoms with E-state index in [0.717, 1.165) is 23.4 Å². The first-order valence-electron chi connectivity index (χ1n) is 5.49. The Morgan fingerprint density at radius 2 is 2.18 bits per heavy atom. The number of hydrogen-bond donors (Lipinski definition) is 1. The molecule has 0 radical (unpaired) electrons. The van der Waals surface area contributed by atoms with Gasteiger partial charge in [-0.05, 0) is 42.3 Å². The van der Waals surface area contributed by atoms with Gasteiger partial charge in [-0.2, -0.15) is 5.26 Å². The van der Waals surface area contributed by atoms with Crippen molar-refractivity contribution in [3.8, 4) is 6.07 Å². The van der Waals surface area contributed by atoms with Crippen LogP contribution in [0.2, 0.25) is 0 Å². The van der Waals surface area contributed by atoms with Crippen LogP contribution < -0.4 is 0 Å². The molecule has 0 bridgehead atoms. The number of aromatic nitrogens is 1. The van der Waals surface area contributed by atoms with Crippen LogP contribution in [-0.2, 0) is 13.2 Å². The van der Waals surface area contributed by atoms with Crippen LogP contribution in [0.3, 0.4) is 0 Å². The van der Waals surface area contributed by atoms with Gasteiger partial charge in [-0.15, -0.1) is 0 Å². The summed E-state index contributed by atoms with van der Waals surface area (Å²) in [6, 6.07) is 11.6. The molecule has 3 nitrogen and oxygen atoms in total. The van der Waals surface area contributed by atoms with E-state index in [9.17, 15) is 5.11 Å². The average Bonchev–Trinajstić information content (AvgIpc) is 2.79. The van der Waals surface area contributed by atoms with Gasteiger partial charge in [-0.3, -0.25) is 0 Å². The monoisotopic (exact) mass is 226 g/mol. The Bertz CT molecular complexity index is 564. The summed E-state index contributed by atoms with van der Waals surface area (Å²) >= 11 is 0. The second kappa shape index (κ2) is 4.86. The summed E-state index contributed by atoms with van der Waals surface area (Å²) < 4.78 is 2.01. The molecule has 0 aliphatic rings. The fourth-order valence-electron chi connectivity index (χ4n) is 1.87. The second-order valence-electron chi connectivity index (χ2n) is 4.04. The topological polar surface area (TPSA) is 49.0 Å². The molecule has 3 heteroatoms. The number of hydrogen-bond acceptors (Lipinski definition) is 2. The molecule has 0 aliphatic carbocycles. The lowest BCUT2D eigenvalue weighted by molar-refractivity contribution is 0.271. The highest BCUT2D eigenvalue weighted by atomic mass is 16.3. The van der Waals surface area contributed by atoms with E-state index in [0.29, 0.717) is 5.56 Å². The Morgan fingerprint density at radius 3 is 2.82 bits per heavy atom. The minimum absolute atomic E-state index is 0.0440. The molecule has 0 spiro atoms. The first-order chi connectivity index (χ1) is 8.24. The van der Waals surface area contributed by atoms with Gasteiger partial charge in [0.05, 0.1) is 18.2 Å². The van der Waals surface area contributed by atoms with Crippen molar-refractivity contribution in [2.45, 2.75) is 20.1 Å². The van der Waals surface area contributed by atoms with Crippen LogP contribution in [0, 0.1) is 18.3 Å². The molecule has 17 heavy (non-hydrogen) atoms. The lowest BCUT2D eigenvalue weighted by atomic mass is 10.1. The summed E-state index contributed by atoms with van der Waals surface area (Å²) in [5.74, 6) is 0. The minimum Gasteiger partial charge on any atom is -0.390 e. The SMILES string of the molecule is Cc1cc(C#N)ccc1Cn1cccc1CO. The van der Waals surface area contributed by atoms with E-state index in [1.54, 1.807) is 0 Å². The first-order valence-corrected chi connectivity index (χ1v) is 5.49. The third-order valence-electron chi connectivity index (χ3n) is 2.90. The third-order valence-corrected chi connectivity index (χ3v) is 2.90. The van der Waals surface area contributed by atoms with Crippen LogP contribution in [0.15, 0.2) is 36.5 Å². The van der Waals surface area contributed by atoms with Crippen LogP contribution >= 0.6 is 0 Å². The summed E-state index contributed by atoms with van der Waals surface area (Å²) in [5.41, 5.74) is 3.84. The maximum atomic E-state index is 9.17. The van der Waals surface area contributed by atoms with E-state index in [1.807, 2.05) is 48.0 Å². The molecule has 0 unspecified atom stereocenters. The Kier molecular flexibility index (Phi) is 3.27. The van der Waals surface area contributed by atoms with Gasteiger partial charge < -0.3 is 9.67 Å². The van der Waals surface area contributed by atoms with Crippen LogP contribution in [0.1, 0.15) is 22.4 Å². The van der Waals surface area contributed by atoms with Crippen LogP contribution in [-0.4, -0.2) is 9.67 Å². The van der Waals surface area contributed by atoms with Crippen molar-refractivity contribution in [1.29, 1.82) is 5.26 Å². The van der Waals surface area contributed by atoms with Crippen LogP contribution in [0.5, 0.6) is 0 Å². The second-order valence-corrected chi connectivity index (χ2v) is 4.04. The van der Waals surface area contributed by atoms with Crippen molar-refractivity contribution in [1.82, 2.24) is 4.57 Å². The molecule has 1 aromatic heterocycles. The zero-order valence-corrected chi connectivity index (χ0v) is 9.72. The van der Waals surface area contributed by atoms with Gasteiger partial charge in [0.2, 0.25) is 0 Å². The van der Waals surface area contributed by atoms with Crippen LogP contribution in [0.4, 0.5) is 0 Å². The molecule has 0 fully saturated rings. The highest BCUT2D eigenvalue weighted by molar-refractivity contribution is 5.37. The van der Waals surface area contributed by atoms with E-state index in [4.69, 9.17) is 5.26 Å². The molecule has 1 heterocycles. The zero-order valence-electron chi connectivity index (χ0n) is 9.72. The number of benzene rings is 1. The Hall–Kier alpha value is -2.05. The van der Waals surface area contributed by atoms with E-state index in [-0.39, 0.29) is 6.61 Å². The summed E-state index contributed by atoms with van der Waals surface area (Å²) in [7, 11) is 0. The van der Waals surface area contributed by atoms with Crippen LogP contribution in [0.25, 0.3) is 0 Å². The molecular formula is C14H14N2O. The smallest absolute Gasteiger partial charge is 0.0991 e. The van der Waals surface area contributed by atoms with Gasteiger partial charge in [0.25, 0.3) is 0 Å². The lowest BCUT2D eigenvalue weighted by Gasteiger charge is -2.10. The number of aryl methyl sites for hydroxylation is 1. The highest BCUT2D eigenvalue weighted by Gasteiger charge is 2.03. The van der Waals surface area contributed by atoms with Gasteiger partial charge in [0.1, 0.15) is 0 Å². The molecule has 2 rings (SSSR count). The quantitative estimate of drug-likeness (QED) is 0.872. The summed E-state index contributed by atoms with van der Waals surface area (Å²) in [6.07, 6.45) is 1.95. The maximum absolute atomic E-state index is 9.17. The van der Waals surface area contributed by atoms with E-state index < -0.39 is 0 Å². The number of nitrogens with zero attached hydrogens (tertiary/aromatic N) is 2. The van der Waals surface area contributed by atoms with Crippen molar-refractivity contribution in [2.75, 3.05) is 0 Å². The normalized spacial score (nSPS) is 10.2. The van der Waals surface area contributed by atoms with Crippen molar-refractivity contribution in [2.24, 2.45) is 0 Å². The Balaban J connectivity index is 2.28. The first kappa shape index (κ1) is 11.4. The fraction of sp³-hybridized carbons (Fsp3) is 0.214. The lowest BCUT2D eigenvalue weighted by Crippen LogP contribution is -2.04. The Labute approximate surface area is 101 Å². The predicted octanol–water partition coefficient (Wildman–Crippen LogP) is 2.21. The minimum atomic E-state index is 0.0440. The van der Waals surface area contributed by atoms with Gasteiger partial charge in [0.15, 0.2) is 0 Å². The highest BCUT2D eigenvalue weighted by Crippen LogP contribution is 2.14. The molecule has 0 amide bonds. The number of nitriles is 1. The largest absolute Gasteiger partial charge is 0.390 e. The van der Waals surface area contributed by atoms with Crippen molar-refractivity contribution in [3.05, 3.63) is 58.9 Å². The van der Waals surface area contributed by atoms with Crippen molar-refractivity contribution in [3.63, 3.8) is 0 Å². The molecule has 0 saturated heterocycles. The van der Waals surface area contributed by atoms with Gasteiger partial charge in [-0.25, -0.2) is 0 Å². The molecule has 1 N–H and O–H groups in total. The Morgan fingerprint density at radius 1 is 1.35 bits per heavy atom. The molecule has 2 aromatic rings. The zero-order chi connectivity index (χ0) is 12.3. The van der Waals surface area contributed by atoms with Gasteiger partial charge >= 0.3 is 0 Å². The standard InChI is InChI=1S/C14H14N2O/c1-11-7-12(8-15)4-5-13(11)9-16-6-2-3-14(16)10-17/h2-7,17H,9-10H2,1H3. The fourth-order valence-corrected chi connectivity index (χ4v) is 1.87. The summed E-state index contributed by atoms with van der Waals surface area (Å²) in [4.78, 5) is 0. The molecular weight excluding hydrogens is 212 g/mol. The van der Waals surface area contributed by atoms with Crippen molar-refractivity contribution < 1.29 is 5.11 Å². The van der Waals surface area contributed by atoms with E-state index in [1.165, 1.54) is 0 Å². The van der Waals surface area contributed by atoms with Gasteiger partial charge in [-0.1, -0.05) is 6.07 Å². The summed E-state index contributed by atoms with van der Waals surface area (Å²) in [6.45, 7) is 2.76. The number of aliphatic hydroxyl groups is 1. The predicted molar refractivity (Wildman–Crippen MR) is 65.4 cm³/mol. The molecule has 0 saturated carbocycles. The third kappa shape index (κ3) is 2.38. The molecule has 0 atom stereocenters. The number of aliphatic hydroxyl groups excluding tert-OH is 1. The molecule has 0 aliphatic heterocycles. The molecule has 1 aromatic carbocycles. The van der Waals surface area contributed by atoms with E-state index >= 15 is 0 Å². The van der Waals surface area contributed by atoms with Gasteiger partial charge in [0, 0.05) is 18.4 Å². The average molecular weight is 226 g/mol. The maximum Gasteiger partial charge on any atom is 0.0991 e. The number of rotatable bonds is 3. The van der Waals surface area contributed by atoms with E-state index in [2.05, 4.69) is 6.07 Å².